The molecule has 1 aromatic carbocycles. The van der Waals surface area contributed by atoms with Crippen molar-refractivity contribution in [2.24, 2.45) is 11.5 Å². The largest absolute Gasteiger partial charge is 0.330 e. The molecule has 0 bridgehead atoms. The summed E-state index contributed by atoms with van der Waals surface area (Å²) in [4.78, 5) is 0. The van der Waals surface area contributed by atoms with Gasteiger partial charge in [0.15, 0.2) is 0 Å². The Morgan fingerprint density at radius 3 is 2.50 bits per heavy atom. The maximum atomic E-state index is 5.94. The Morgan fingerprint density at radius 2 is 1.93 bits per heavy atom. The first-order chi connectivity index (χ1) is 6.65. The predicted molar refractivity (Wildman–Crippen MR) is 61.7 cm³/mol. The maximum Gasteiger partial charge on any atom is 0.0595 e. The van der Waals surface area contributed by atoms with Gasteiger partial charge in [-0.3, -0.25) is 0 Å². The molecule has 0 spiro atoms. The van der Waals surface area contributed by atoms with Gasteiger partial charge in [-0.2, -0.15) is 0 Å². The van der Waals surface area contributed by atoms with Crippen LogP contribution in [0.3, 0.4) is 0 Å². The zero-order chi connectivity index (χ0) is 10.6. The van der Waals surface area contributed by atoms with Crippen molar-refractivity contribution in [2.75, 3.05) is 6.54 Å². The van der Waals surface area contributed by atoms with Crippen molar-refractivity contribution in [3.05, 3.63) is 33.8 Å². The van der Waals surface area contributed by atoms with Crippen LogP contribution in [0.25, 0.3) is 0 Å². The molecule has 0 aliphatic carbocycles. The Labute approximate surface area is 94.2 Å². The van der Waals surface area contributed by atoms with Crippen molar-refractivity contribution in [2.45, 2.75) is 18.9 Å². The molecule has 0 aromatic heterocycles. The number of nitrogens with two attached hydrogens (primary N) is 2. The van der Waals surface area contributed by atoms with E-state index in [1.54, 1.807) is 6.07 Å². The van der Waals surface area contributed by atoms with E-state index >= 15 is 0 Å². The Kier molecular flexibility index (Phi) is 4.69. The Balaban J connectivity index is 2.70. The topological polar surface area (TPSA) is 52.0 Å². The summed E-state index contributed by atoms with van der Waals surface area (Å²) in [6, 6.07) is 5.47. The minimum absolute atomic E-state index is 0.00619. The van der Waals surface area contributed by atoms with E-state index in [0.717, 1.165) is 18.4 Å². The third-order valence-electron chi connectivity index (χ3n) is 2.09. The molecule has 1 atom stereocenters. The number of rotatable bonds is 4. The fourth-order valence-corrected chi connectivity index (χ4v) is 1.55. The maximum absolute atomic E-state index is 5.94. The summed E-state index contributed by atoms with van der Waals surface area (Å²) in [5.41, 5.74) is 12.4. The standard InChI is InChI=1S/C10H14Cl2N2/c11-8-4-3-7(6-9(8)12)10(14)2-1-5-13/h3-4,6,10H,1-2,5,13-14H2/t10-/m0/s1. The zero-order valence-corrected chi connectivity index (χ0v) is 9.35. The van der Waals surface area contributed by atoms with Crippen molar-refractivity contribution >= 4 is 23.2 Å². The number of halogens is 2. The van der Waals surface area contributed by atoms with E-state index in [-0.39, 0.29) is 6.04 Å². The molecule has 0 radical (unpaired) electrons. The van der Waals surface area contributed by atoms with Gasteiger partial charge in [0.1, 0.15) is 0 Å². The van der Waals surface area contributed by atoms with Gasteiger partial charge in [-0.25, -0.2) is 0 Å². The van der Waals surface area contributed by atoms with Crippen molar-refractivity contribution in [1.29, 1.82) is 0 Å². The highest BCUT2D eigenvalue weighted by molar-refractivity contribution is 6.42. The molecule has 1 aromatic rings. The molecule has 4 heteroatoms. The second-order valence-electron chi connectivity index (χ2n) is 3.21. The van der Waals surface area contributed by atoms with Crippen LogP contribution in [0.1, 0.15) is 24.4 Å². The van der Waals surface area contributed by atoms with Gasteiger partial charge in [0.05, 0.1) is 10.0 Å². The second-order valence-corrected chi connectivity index (χ2v) is 4.03. The van der Waals surface area contributed by atoms with Crippen LogP contribution in [0.15, 0.2) is 18.2 Å². The first-order valence-electron chi connectivity index (χ1n) is 4.55. The monoisotopic (exact) mass is 232 g/mol. The lowest BCUT2D eigenvalue weighted by Gasteiger charge is -2.11. The molecule has 2 nitrogen and oxygen atoms in total. The molecular weight excluding hydrogens is 219 g/mol. The molecule has 78 valence electrons. The quantitative estimate of drug-likeness (QED) is 0.839. The average Bonchev–Trinajstić information content (AvgIpc) is 2.18. The van der Waals surface area contributed by atoms with Crippen LogP contribution in [-0.4, -0.2) is 6.54 Å². The minimum atomic E-state index is -0.00619. The van der Waals surface area contributed by atoms with Crippen LogP contribution >= 0.6 is 23.2 Å². The Morgan fingerprint density at radius 1 is 1.21 bits per heavy atom. The highest BCUT2D eigenvalue weighted by Crippen LogP contribution is 2.26. The van der Waals surface area contributed by atoms with Gasteiger partial charge < -0.3 is 11.5 Å². The van der Waals surface area contributed by atoms with E-state index in [9.17, 15) is 0 Å². The van der Waals surface area contributed by atoms with E-state index < -0.39 is 0 Å². The number of hydrogen-bond acceptors (Lipinski definition) is 2. The summed E-state index contributed by atoms with van der Waals surface area (Å²) in [7, 11) is 0. The molecule has 0 unspecified atom stereocenters. The Bertz CT molecular complexity index is 302. The zero-order valence-electron chi connectivity index (χ0n) is 7.84. The molecule has 14 heavy (non-hydrogen) atoms. The lowest BCUT2D eigenvalue weighted by Crippen LogP contribution is -2.12. The molecular formula is C10H14Cl2N2. The van der Waals surface area contributed by atoms with Crippen molar-refractivity contribution in [3.63, 3.8) is 0 Å². The molecule has 0 aliphatic heterocycles. The van der Waals surface area contributed by atoms with Crippen molar-refractivity contribution < 1.29 is 0 Å². The SMILES string of the molecule is NCCC[C@H](N)c1ccc(Cl)c(Cl)c1. The summed E-state index contributed by atoms with van der Waals surface area (Å²) in [6.45, 7) is 0.662. The van der Waals surface area contributed by atoms with Crippen molar-refractivity contribution in [1.82, 2.24) is 0 Å². The fourth-order valence-electron chi connectivity index (χ4n) is 1.25. The van der Waals surface area contributed by atoms with Crippen LogP contribution in [0.2, 0.25) is 10.0 Å². The summed E-state index contributed by atoms with van der Waals surface area (Å²) in [6.07, 6.45) is 1.79. The third-order valence-corrected chi connectivity index (χ3v) is 2.83. The summed E-state index contributed by atoms with van der Waals surface area (Å²) in [5.74, 6) is 0. The average molecular weight is 233 g/mol. The van der Waals surface area contributed by atoms with Gasteiger partial charge in [-0.15, -0.1) is 0 Å². The van der Waals surface area contributed by atoms with Crippen LogP contribution in [0, 0.1) is 0 Å². The van der Waals surface area contributed by atoms with Crippen LogP contribution < -0.4 is 11.5 Å². The molecule has 0 saturated heterocycles. The van der Waals surface area contributed by atoms with E-state index in [1.165, 1.54) is 0 Å². The van der Waals surface area contributed by atoms with Gasteiger partial charge in [0.2, 0.25) is 0 Å². The highest BCUT2D eigenvalue weighted by atomic mass is 35.5. The molecule has 0 aliphatic rings. The third kappa shape index (κ3) is 3.14. The first kappa shape index (κ1) is 11.8. The van der Waals surface area contributed by atoms with Crippen LogP contribution in [0.5, 0.6) is 0 Å². The minimum Gasteiger partial charge on any atom is -0.330 e. The van der Waals surface area contributed by atoms with E-state index in [2.05, 4.69) is 0 Å². The van der Waals surface area contributed by atoms with E-state index in [0.29, 0.717) is 16.6 Å². The second kappa shape index (κ2) is 5.56. The lowest BCUT2D eigenvalue weighted by atomic mass is 10.0. The Hall–Kier alpha value is -0.280. The predicted octanol–water partition coefficient (Wildman–Crippen LogP) is 2.73. The van der Waals surface area contributed by atoms with Crippen molar-refractivity contribution in [3.8, 4) is 0 Å². The summed E-state index contributed by atoms with van der Waals surface area (Å²) < 4.78 is 0. The molecule has 0 heterocycles. The lowest BCUT2D eigenvalue weighted by molar-refractivity contribution is 0.618. The highest BCUT2D eigenvalue weighted by Gasteiger charge is 2.07. The molecule has 0 amide bonds. The number of hydrogen-bond donors (Lipinski definition) is 2. The van der Waals surface area contributed by atoms with Crippen LogP contribution in [0.4, 0.5) is 0 Å². The molecule has 0 saturated carbocycles. The van der Waals surface area contributed by atoms with Gasteiger partial charge >= 0.3 is 0 Å². The number of benzene rings is 1. The summed E-state index contributed by atoms with van der Waals surface area (Å²) >= 11 is 11.7. The molecule has 4 N–H and O–H groups in total. The first-order valence-corrected chi connectivity index (χ1v) is 5.31. The van der Waals surface area contributed by atoms with Gasteiger partial charge in [-0.1, -0.05) is 29.3 Å². The molecule has 0 fully saturated rings. The smallest absolute Gasteiger partial charge is 0.0595 e. The summed E-state index contributed by atoms with van der Waals surface area (Å²) in [5, 5.41) is 1.11. The van der Waals surface area contributed by atoms with Crippen LogP contribution in [-0.2, 0) is 0 Å². The normalized spacial score (nSPS) is 12.9. The van der Waals surface area contributed by atoms with E-state index in [4.69, 9.17) is 34.7 Å². The fraction of sp³-hybridized carbons (Fsp3) is 0.400. The van der Waals surface area contributed by atoms with E-state index in [1.807, 2.05) is 12.1 Å². The molecule has 1 rings (SSSR count). The van der Waals surface area contributed by atoms with Gasteiger partial charge in [0.25, 0.3) is 0 Å². The van der Waals surface area contributed by atoms with Gasteiger partial charge in [0, 0.05) is 6.04 Å². The van der Waals surface area contributed by atoms with Gasteiger partial charge in [-0.05, 0) is 37.1 Å².